The first-order valence-electron chi connectivity index (χ1n) is 5.81. The van der Waals surface area contributed by atoms with E-state index in [1.165, 1.54) is 38.5 Å². The van der Waals surface area contributed by atoms with Gasteiger partial charge in [-0.15, -0.1) is 0 Å². The topological polar surface area (TPSA) is 9.23 Å². The Bertz CT molecular complexity index is 162. The standard InChI is InChI=1S/C12H23IO/c1-12(2,3)14-11-9-7-5-4-6-8-10(11)13/h10-11H,4-9H2,1-3H3. The molecule has 0 radical (unpaired) electrons. The zero-order chi connectivity index (χ0) is 10.6. The van der Waals surface area contributed by atoms with Crippen molar-refractivity contribution in [3.63, 3.8) is 0 Å². The van der Waals surface area contributed by atoms with Gasteiger partial charge in [-0.05, 0) is 33.6 Å². The lowest BCUT2D eigenvalue weighted by molar-refractivity contribution is -0.0641. The fraction of sp³-hybridized carbons (Fsp3) is 1.00. The zero-order valence-electron chi connectivity index (χ0n) is 9.68. The van der Waals surface area contributed by atoms with Gasteiger partial charge in [0.25, 0.3) is 0 Å². The summed E-state index contributed by atoms with van der Waals surface area (Å²) >= 11 is 2.58. The van der Waals surface area contributed by atoms with Gasteiger partial charge >= 0.3 is 0 Å². The predicted molar refractivity (Wildman–Crippen MR) is 70.1 cm³/mol. The van der Waals surface area contributed by atoms with E-state index in [9.17, 15) is 0 Å². The number of rotatable bonds is 1. The first-order valence-corrected chi connectivity index (χ1v) is 7.05. The summed E-state index contributed by atoms with van der Waals surface area (Å²) in [5, 5.41) is 0. The van der Waals surface area contributed by atoms with E-state index >= 15 is 0 Å². The minimum atomic E-state index is 0.0211. The maximum Gasteiger partial charge on any atom is 0.0699 e. The number of halogens is 1. The molecule has 1 aliphatic carbocycles. The molecule has 0 aromatic carbocycles. The van der Waals surface area contributed by atoms with E-state index in [2.05, 4.69) is 43.4 Å². The molecule has 0 aromatic heterocycles. The van der Waals surface area contributed by atoms with E-state index in [-0.39, 0.29) is 5.60 Å². The van der Waals surface area contributed by atoms with E-state index in [1.54, 1.807) is 0 Å². The molecular weight excluding hydrogens is 287 g/mol. The lowest BCUT2D eigenvalue weighted by Crippen LogP contribution is -2.34. The maximum atomic E-state index is 6.12. The fourth-order valence-electron chi connectivity index (χ4n) is 1.99. The summed E-state index contributed by atoms with van der Waals surface area (Å²) in [4.78, 5) is 0. The number of alkyl halides is 1. The Morgan fingerprint density at radius 2 is 1.57 bits per heavy atom. The second kappa shape index (κ2) is 5.69. The van der Waals surface area contributed by atoms with Gasteiger partial charge in [0, 0.05) is 3.92 Å². The SMILES string of the molecule is CC(C)(C)OC1CCCCCCC1I. The second-order valence-corrected chi connectivity index (χ2v) is 6.88. The van der Waals surface area contributed by atoms with Crippen molar-refractivity contribution in [1.29, 1.82) is 0 Å². The monoisotopic (exact) mass is 310 g/mol. The van der Waals surface area contributed by atoms with Crippen molar-refractivity contribution in [1.82, 2.24) is 0 Å². The summed E-state index contributed by atoms with van der Waals surface area (Å²) < 4.78 is 6.83. The molecule has 0 spiro atoms. The summed E-state index contributed by atoms with van der Waals surface area (Å²) in [5.41, 5.74) is 0.0211. The molecule has 14 heavy (non-hydrogen) atoms. The highest BCUT2D eigenvalue weighted by Gasteiger charge is 2.25. The van der Waals surface area contributed by atoms with Crippen LogP contribution in [0.2, 0.25) is 0 Å². The third-order valence-corrected chi connectivity index (χ3v) is 4.05. The molecular formula is C12H23IO. The van der Waals surface area contributed by atoms with E-state index in [4.69, 9.17) is 4.74 Å². The summed E-state index contributed by atoms with van der Waals surface area (Å²) in [6, 6.07) is 0. The lowest BCUT2D eigenvalue weighted by Gasteiger charge is -2.32. The molecule has 0 bridgehead atoms. The van der Waals surface area contributed by atoms with Crippen LogP contribution in [0.4, 0.5) is 0 Å². The van der Waals surface area contributed by atoms with E-state index in [0.29, 0.717) is 10.0 Å². The average Bonchev–Trinajstić information content (AvgIpc) is 2.03. The van der Waals surface area contributed by atoms with Crippen molar-refractivity contribution in [2.75, 3.05) is 0 Å². The van der Waals surface area contributed by atoms with Crippen LogP contribution < -0.4 is 0 Å². The number of ether oxygens (including phenoxy) is 1. The minimum Gasteiger partial charge on any atom is -0.372 e. The van der Waals surface area contributed by atoms with Crippen LogP contribution >= 0.6 is 22.6 Å². The normalized spacial score (nSPS) is 30.9. The third kappa shape index (κ3) is 4.96. The highest BCUT2D eigenvalue weighted by Crippen LogP contribution is 2.28. The van der Waals surface area contributed by atoms with Gasteiger partial charge in [-0.3, -0.25) is 0 Å². The lowest BCUT2D eigenvalue weighted by atomic mass is 9.98. The third-order valence-electron chi connectivity index (χ3n) is 2.63. The summed E-state index contributed by atoms with van der Waals surface area (Å²) in [6.45, 7) is 6.49. The Hall–Kier alpha value is 0.690. The van der Waals surface area contributed by atoms with Gasteiger partial charge in [0.1, 0.15) is 0 Å². The summed E-state index contributed by atoms with van der Waals surface area (Å²) in [6.07, 6.45) is 8.62. The van der Waals surface area contributed by atoms with Crippen LogP contribution in [0, 0.1) is 0 Å². The van der Waals surface area contributed by atoms with Gasteiger partial charge in [0.05, 0.1) is 11.7 Å². The van der Waals surface area contributed by atoms with Gasteiger partial charge in [-0.25, -0.2) is 0 Å². The molecule has 84 valence electrons. The van der Waals surface area contributed by atoms with E-state index < -0.39 is 0 Å². The van der Waals surface area contributed by atoms with Crippen molar-refractivity contribution < 1.29 is 4.74 Å². The van der Waals surface area contributed by atoms with Crippen molar-refractivity contribution in [3.8, 4) is 0 Å². The smallest absolute Gasteiger partial charge is 0.0699 e. The van der Waals surface area contributed by atoms with Gasteiger partial charge in [-0.2, -0.15) is 0 Å². The molecule has 0 aliphatic heterocycles. The predicted octanol–water partition coefficient (Wildman–Crippen LogP) is 4.33. The highest BCUT2D eigenvalue weighted by atomic mass is 127. The van der Waals surface area contributed by atoms with E-state index in [0.717, 1.165) is 0 Å². The summed E-state index contributed by atoms with van der Waals surface area (Å²) in [5.74, 6) is 0. The zero-order valence-corrected chi connectivity index (χ0v) is 11.8. The van der Waals surface area contributed by atoms with Gasteiger partial charge < -0.3 is 4.74 Å². The first-order chi connectivity index (χ1) is 6.49. The van der Waals surface area contributed by atoms with Crippen LogP contribution in [0.15, 0.2) is 0 Å². The Balaban J connectivity index is 2.45. The largest absolute Gasteiger partial charge is 0.372 e. The molecule has 0 aromatic rings. The Morgan fingerprint density at radius 3 is 2.14 bits per heavy atom. The molecule has 1 saturated carbocycles. The van der Waals surface area contributed by atoms with Crippen LogP contribution in [0.3, 0.4) is 0 Å². The van der Waals surface area contributed by atoms with Crippen LogP contribution in [0.25, 0.3) is 0 Å². The molecule has 1 fully saturated rings. The minimum absolute atomic E-state index is 0.0211. The van der Waals surface area contributed by atoms with Gasteiger partial charge in [0.15, 0.2) is 0 Å². The number of hydrogen-bond acceptors (Lipinski definition) is 1. The molecule has 0 amide bonds. The quantitative estimate of drug-likeness (QED) is 0.517. The molecule has 2 atom stereocenters. The van der Waals surface area contributed by atoms with Crippen LogP contribution in [0.5, 0.6) is 0 Å². The molecule has 2 heteroatoms. The second-order valence-electron chi connectivity index (χ2n) is 5.28. The van der Waals surface area contributed by atoms with Gasteiger partial charge in [-0.1, -0.05) is 48.3 Å². The Labute approximate surface area is 102 Å². The first kappa shape index (κ1) is 12.8. The molecule has 0 saturated heterocycles. The van der Waals surface area contributed by atoms with Gasteiger partial charge in [0.2, 0.25) is 0 Å². The maximum absolute atomic E-state index is 6.12. The molecule has 0 N–H and O–H groups in total. The molecule has 1 aliphatic rings. The van der Waals surface area contributed by atoms with Crippen LogP contribution in [0.1, 0.15) is 59.3 Å². The highest BCUT2D eigenvalue weighted by molar-refractivity contribution is 14.1. The van der Waals surface area contributed by atoms with Crippen LogP contribution in [-0.2, 0) is 4.74 Å². The Morgan fingerprint density at radius 1 is 1.00 bits per heavy atom. The number of hydrogen-bond donors (Lipinski definition) is 0. The summed E-state index contributed by atoms with van der Waals surface area (Å²) in [7, 11) is 0. The van der Waals surface area contributed by atoms with Crippen LogP contribution in [-0.4, -0.2) is 15.6 Å². The molecule has 2 unspecified atom stereocenters. The fourth-order valence-corrected chi connectivity index (χ4v) is 2.94. The van der Waals surface area contributed by atoms with E-state index in [1.807, 2.05) is 0 Å². The average molecular weight is 310 g/mol. The van der Waals surface area contributed by atoms with Crippen molar-refractivity contribution in [3.05, 3.63) is 0 Å². The molecule has 0 heterocycles. The van der Waals surface area contributed by atoms with Crippen molar-refractivity contribution >= 4 is 22.6 Å². The van der Waals surface area contributed by atoms with Crippen molar-refractivity contribution in [2.24, 2.45) is 0 Å². The van der Waals surface area contributed by atoms with Crippen molar-refractivity contribution in [2.45, 2.75) is 74.9 Å². The molecule has 1 rings (SSSR count). The Kier molecular flexibility index (Phi) is 5.18. The molecule has 1 nitrogen and oxygen atoms in total.